The lowest BCUT2D eigenvalue weighted by atomic mass is 10.2. The summed E-state index contributed by atoms with van der Waals surface area (Å²) in [5, 5.41) is 9.86. The molecule has 0 spiro atoms. The molecule has 1 N–H and O–H groups in total. The molecule has 0 saturated heterocycles. The molecule has 0 aromatic heterocycles. The van der Waals surface area contributed by atoms with E-state index in [1.165, 1.54) is 0 Å². The second-order valence-electron chi connectivity index (χ2n) is 1.91. The van der Waals surface area contributed by atoms with E-state index in [4.69, 9.17) is 0 Å². The molecule has 0 aliphatic heterocycles. The summed E-state index contributed by atoms with van der Waals surface area (Å²) in [6.07, 6.45) is 0. The first-order chi connectivity index (χ1) is 4.74. The average molecular weight is 266 g/mol. The third kappa shape index (κ3) is 1.73. The zero-order chi connectivity index (χ0) is 7.56. The number of phenols is 1. The van der Waals surface area contributed by atoms with Gasteiger partial charge in [-0.05, 0) is 18.2 Å². The molecule has 1 rings (SSSR count). The van der Waals surface area contributed by atoms with E-state index in [1.807, 2.05) is 12.1 Å². The molecular weight excluding hydrogens is 260 g/mol. The highest BCUT2D eigenvalue weighted by atomic mass is 79.9. The summed E-state index contributed by atoms with van der Waals surface area (Å²) in [6, 6.07) is 5.35. The maximum absolute atomic E-state index is 9.18. The molecule has 54 valence electrons. The molecule has 0 aliphatic carbocycles. The van der Waals surface area contributed by atoms with Gasteiger partial charge in [-0.15, -0.1) is 0 Å². The molecular formula is C7H6Br2O. The second kappa shape index (κ2) is 3.39. The van der Waals surface area contributed by atoms with Crippen LogP contribution < -0.4 is 0 Å². The first-order valence-electron chi connectivity index (χ1n) is 2.77. The van der Waals surface area contributed by atoms with Crippen molar-refractivity contribution in [3.8, 4) is 5.75 Å². The molecule has 0 aliphatic rings. The maximum Gasteiger partial charge on any atom is 0.119 e. The van der Waals surface area contributed by atoms with E-state index in [-0.39, 0.29) is 0 Å². The van der Waals surface area contributed by atoms with Gasteiger partial charge in [-0.2, -0.15) is 0 Å². The van der Waals surface area contributed by atoms with E-state index in [0.29, 0.717) is 11.1 Å². The normalized spacial score (nSPS) is 9.80. The topological polar surface area (TPSA) is 20.2 Å². The van der Waals surface area contributed by atoms with Crippen molar-refractivity contribution >= 4 is 31.9 Å². The highest BCUT2D eigenvalue weighted by Gasteiger charge is 1.97. The molecule has 0 unspecified atom stereocenters. The van der Waals surface area contributed by atoms with Crippen LogP contribution in [0.25, 0.3) is 0 Å². The van der Waals surface area contributed by atoms with Gasteiger partial charge < -0.3 is 5.11 Å². The lowest BCUT2D eigenvalue weighted by Crippen LogP contribution is -1.77. The van der Waals surface area contributed by atoms with Gasteiger partial charge >= 0.3 is 0 Å². The average Bonchev–Trinajstić information content (AvgIpc) is 1.94. The highest BCUT2D eigenvalue weighted by molar-refractivity contribution is 9.10. The third-order valence-corrected chi connectivity index (χ3v) is 2.28. The van der Waals surface area contributed by atoms with Crippen molar-refractivity contribution in [2.45, 2.75) is 5.33 Å². The molecule has 1 aromatic carbocycles. The fourth-order valence-corrected chi connectivity index (χ4v) is 1.52. The summed E-state index contributed by atoms with van der Waals surface area (Å²) in [7, 11) is 0. The molecule has 0 amide bonds. The first kappa shape index (κ1) is 8.08. The van der Waals surface area contributed by atoms with Crippen LogP contribution in [-0.2, 0) is 5.33 Å². The van der Waals surface area contributed by atoms with Crippen LogP contribution >= 0.6 is 31.9 Å². The Morgan fingerprint density at radius 1 is 1.40 bits per heavy atom. The van der Waals surface area contributed by atoms with Gasteiger partial charge in [0.1, 0.15) is 5.75 Å². The van der Waals surface area contributed by atoms with Gasteiger partial charge in [0.05, 0.1) is 0 Å². The predicted octanol–water partition coefficient (Wildman–Crippen LogP) is 3.05. The van der Waals surface area contributed by atoms with Crippen LogP contribution in [0.5, 0.6) is 5.75 Å². The van der Waals surface area contributed by atoms with E-state index in [2.05, 4.69) is 31.9 Å². The summed E-state index contributed by atoms with van der Waals surface area (Å²) >= 11 is 6.57. The van der Waals surface area contributed by atoms with Crippen LogP contribution in [0.15, 0.2) is 22.7 Å². The van der Waals surface area contributed by atoms with Gasteiger partial charge in [0, 0.05) is 15.4 Å². The Morgan fingerprint density at radius 3 is 2.60 bits per heavy atom. The van der Waals surface area contributed by atoms with Crippen molar-refractivity contribution < 1.29 is 5.11 Å². The minimum Gasteiger partial charge on any atom is -0.508 e. The molecule has 0 bridgehead atoms. The van der Waals surface area contributed by atoms with Crippen molar-refractivity contribution in [3.05, 3.63) is 28.2 Å². The fourth-order valence-electron chi connectivity index (χ4n) is 0.661. The van der Waals surface area contributed by atoms with Crippen molar-refractivity contribution in [1.29, 1.82) is 0 Å². The van der Waals surface area contributed by atoms with Gasteiger partial charge in [0.25, 0.3) is 0 Å². The van der Waals surface area contributed by atoms with Crippen LogP contribution in [0.3, 0.4) is 0 Å². The summed E-state index contributed by atoms with van der Waals surface area (Å²) in [4.78, 5) is 0. The Labute approximate surface area is 76.3 Å². The zero-order valence-electron chi connectivity index (χ0n) is 5.14. The number of phenolic OH excluding ortho intramolecular Hbond substituents is 1. The Kier molecular flexibility index (Phi) is 2.74. The number of hydrogen-bond donors (Lipinski definition) is 1. The second-order valence-corrected chi connectivity index (χ2v) is 3.38. The lowest BCUT2D eigenvalue weighted by molar-refractivity contribution is 0.470. The zero-order valence-corrected chi connectivity index (χ0v) is 8.31. The largest absolute Gasteiger partial charge is 0.508 e. The van der Waals surface area contributed by atoms with Crippen molar-refractivity contribution in [1.82, 2.24) is 0 Å². The minimum atomic E-state index is 0.333. The van der Waals surface area contributed by atoms with E-state index in [9.17, 15) is 5.11 Å². The molecule has 0 fully saturated rings. The number of halogens is 2. The standard InChI is InChI=1S/C7H6Br2O/c8-4-5-3-6(9)1-2-7(5)10/h1-3,10H,4H2. The van der Waals surface area contributed by atoms with E-state index >= 15 is 0 Å². The maximum atomic E-state index is 9.18. The van der Waals surface area contributed by atoms with Crippen LogP contribution in [0.1, 0.15) is 5.56 Å². The number of rotatable bonds is 1. The lowest BCUT2D eigenvalue weighted by Gasteiger charge is -1.99. The molecule has 0 heterocycles. The molecule has 10 heavy (non-hydrogen) atoms. The van der Waals surface area contributed by atoms with E-state index < -0.39 is 0 Å². The molecule has 0 radical (unpaired) electrons. The van der Waals surface area contributed by atoms with Crippen molar-refractivity contribution in [2.24, 2.45) is 0 Å². The smallest absolute Gasteiger partial charge is 0.119 e. The van der Waals surface area contributed by atoms with Crippen molar-refractivity contribution in [2.75, 3.05) is 0 Å². The summed E-state index contributed by atoms with van der Waals surface area (Å²) < 4.78 is 0.986. The van der Waals surface area contributed by atoms with Crippen LogP contribution in [0.2, 0.25) is 0 Å². The summed E-state index contributed by atoms with van der Waals surface area (Å²) in [5.41, 5.74) is 0.898. The van der Waals surface area contributed by atoms with E-state index in [1.54, 1.807) is 6.07 Å². The Balaban J connectivity index is 3.09. The molecule has 1 nitrogen and oxygen atoms in total. The van der Waals surface area contributed by atoms with Gasteiger partial charge in [0.2, 0.25) is 0 Å². The number of alkyl halides is 1. The summed E-state index contributed by atoms with van der Waals surface area (Å²) in [6.45, 7) is 0. The van der Waals surface area contributed by atoms with Gasteiger partial charge in [-0.25, -0.2) is 0 Å². The van der Waals surface area contributed by atoms with Gasteiger partial charge in [0.15, 0.2) is 0 Å². The summed E-state index contributed by atoms with van der Waals surface area (Å²) in [5.74, 6) is 0.333. The SMILES string of the molecule is Oc1ccc(Br)cc1CBr. The molecule has 3 heteroatoms. The molecule has 0 atom stereocenters. The van der Waals surface area contributed by atoms with Crippen LogP contribution in [0.4, 0.5) is 0 Å². The quantitative estimate of drug-likeness (QED) is 0.774. The Bertz CT molecular complexity index is 235. The van der Waals surface area contributed by atoms with E-state index in [0.717, 1.165) is 10.0 Å². The fraction of sp³-hybridized carbons (Fsp3) is 0.143. The third-order valence-electron chi connectivity index (χ3n) is 1.19. The molecule has 1 aromatic rings. The first-order valence-corrected chi connectivity index (χ1v) is 4.69. The molecule has 0 saturated carbocycles. The van der Waals surface area contributed by atoms with Crippen molar-refractivity contribution in [3.63, 3.8) is 0 Å². The predicted molar refractivity (Wildman–Crippen MR) is 48.4 cm³/mol. The number of hydrogen-bond acceptors (Lipinski definition) is 1. The highest BCUT2D eigenvalue weighted by Crippen LogP contribution is 2.23. The monoisotopic (exact) mass is 264 g/mol. The van der Waals surface area contributed by atoms with Crippen LogP contribution in [-0.4, -0.2) is 5.11 Å². The number of aromatic hydroxyl groups is 1. The van der Waals surface area contributed by atoms with Gasteiger partial charge in [-0.3, -0.25) is 0 Å². The Hall–Kier alpha value is -0.0200. The number of benzene rings is 1. The van der Waals surface area contributed by atoms with Gasteiger partial charge in [-0.1, -0.05) is 31.9 Å². The minimum absolute atomic E-state index is 0.333. The van der Waals surface area contributed by atoms with Crippen LogP contribution in [0, 0.1) is 0 Å². The Morgan fingerprint density at radius 2 is 2.10 bits per heavy atom.